The standard InChI is InChI=1S/C17H22F2N2O/c18-14-6-3-7-15(19)17(14)20-16(22)11-21-9-8-12-4-1-2-5-13(12)10-21/h3,6-7,12-13H,1-2,4-5,8-11H2,(H,20,22)/t12-,13-/m0/s1. The topological polar surface area (TPSA) is 32.3 Å². The van der Waals surface area contributed by atoms with Gasteiger partial charge in [0.1, 0.15) is 17.3 Å². The summed E-state index contributed by atoms with van der Waals surface area (Å²) in [6, 6.07) is 3.58. The molecule has 1 aliphatic heterocycles. The largest absolute Gasteiger partial charge is 0.320 e. The Morgan fingerprint density at radius 2 is 1.82 bits per heavy atom. The first-order chi connectivity index (χ1) is 10.6. The average molecular weight is 308 g/mol. The van der Waals surface area contributed by atoms with Crippen molar-refractivity contribution < 1.29 is 13.6 Å². The van der Waals surface area contributed by atoms with E-state index in [0.717, 1.165) is 37.6 Å². The number of benzene rings is 1. The van der Waals surface area contributed by atoms with Crippen LogP contribution in [0, 0.1) is 23.5 Å². The Morgan fingerprint density at radius 1 is 1.14 bits per heavy atom. The van der Waals surface area contributed by atoms with Crippen molar-refractivity contribution >= 4 is 11.6 Å². The Balaban J connectivity index is 1.56. The summed E-state index contributed by atoms with van der Waals surface area (Å²) in [4.78, 5) is 14.2. The molecular weight excluding hydrogens is 286 g/mol. The second kappa shape index (κ2) is 6.73. The van der Waals surface area contributed by atoms with E-state index in [1.165, 1.54) is 31.7 Å². The number of hydrogen-bond donors (Lipinski definition) is 1. The molecule has 2 fully saturated rings. The molecule has 120 valence electrons. The fourth-order valence-electron chi connectivity index (χ4n) is 3.82. The molecule has 1 aromatic rings. The predicted octanol–water partition coefficient (Wildman–Crippen LogP) is 3.42. The van der Waals surface area contributed by atoms with E-state index in [4.69, 9.17) is 0 Å². The van der Waals surface area contributed by atoms with Crippen molar-refractivity contribution in [3.8, 4) is 0 Å². The quantitative estimate of drug-likeness (QED) is 0.928. The maximum atomic E-state index is 13.5. The van der Waals surface area contributed by atoms with Gasteiger partial charge in [-0.3, -0.25) is 9.69 Å². The summed E-state index contributed by atoms with van der Waals surface area (Å²) in [5.41, 5.74) is -0.347. The number of carbonyl (C=O) groups excluding carboxylic acids is 1. The number of nitrogens with zero attached hydrogens (tertiary/aromatic N) is 1. The normalized spacial score (nSPS) is 25.5. The lowest BCUT2D eigenvalue weighted by atomic mass is 9.75. The van der Waals surface area contributed by atoms with Crippen LogP contribution in [-0.2, 0) is 4.79 Å². The smallest absolute Gasteiger partial charge is 0.238 e. The summed E-state index contributed by atoms with van der Waals surface area (Å²) in [5.74, 6) is -0.338. The van der Waals surface area contributed by atoms with Crippen LogP contribution in [0.25, 0.3) is 0 Å². The molecule has 5 heteroatoms. The molecular formula is C17H22F2N2O. The average Bonchev–Trinajstić information content (AvgIpc) is 2.51. The number of fused-ring (bicyclic) bond motifs is 1. The summed E-state index contributed by atoms with van der Waals surface area (Å²) >= 11 is 0. The Bertz CT molecular complexity index is 529. The maximum Gasteiger partial charge on any atom is 0.238 e. The molecule has 0 bridgehead atoms. The number of piperidine rings is 1. The molecule has 2 atom stereocenters. The molecule has 0 radical (unpaired) electrons. The fraction of sp³-hybridized carbons (Fsp3) is 0.588. The monoisotopic (exact) mass is 308 g/mol. The van der Waals surface area contributed by atoms with Gasteiger partial charge in [0.15, 0.2) is 0 Å². The van der Waals surface area contributed by atoms with Gasteiger partial charge >= 0.3 is 0 Å². The number of nitrogens with one attached hydrogen (secondary N) is 1. The summed E-state index contributed by atoms with van der Waals surface area (Å²) < 4.78 is 27.1. The first-order valence-corrected chi connectivity index (χ1v) is 8.09. The predicted molar refractivity (Wildman–Crippen MR) is 81.5 cm³/mol. The zero-order chi connectivity index (χ0) is 15.5. The van der Waals surface area contributed by atoms with E-state index in [1.54, 1.807) is 0 Å². The number of likely N-dealkylation sites (tertiary alicyclic amines) is 1. The van der Waals surface area contributed by atoms with Gasteiger partial charge in [0.05, 0.1) is 6.54 Å². The molecule has 0 unspecified atom stereocenters. The Kier molecular flexibility index (Phi) is 4.71. The van der Waals surface area contributed by atoms with E-state index >= 15 is 0 Å². The van der Waals surface area contributed by atoms with Gasteiger partial charge in [0.2, 0.25) is 5.91 Å². The van der Waals surface area contributed by atoms with Gasteiger partial charge in [0.25, 0.3) is 0 Å². The van der Waals surface area contributed by atoms with Crippen LogP contribution in [0.1, 0.15) is 32.1 Å². The summed E-state index contributed by atoms with van der Waals surface area (Å²) in [6.45, 7) is 2.03. The molecule has 3 rings (SSSR count). The number of amides is 1. The first kappa shape index (κ1) is 15.4. The zero-order valence-corrected chi connectivity index (χ0v) is 12.7. The van der Waals surface area contributed by atoms with E-state index < -0.39 is 11.6 Å². The SMILES string of the molecule is O=C(CN1CC[C@@H]2CCCC[C@H]2C1)Nc1c(F)cccc1F. The lowest BCUT2D eigenvalue weighted by molar-refractivity contribution is -0.118. The maximum absolute atomic E-state index is 13.5. The van der Waals surface area contributed by atoms with Crippen molar-refractivity contribution in [3.63, 3.8) is 0 Å². The third-order valence-corrected chi connectivity index (χ3v) is 4.97. The Morgan fingerprint density at radius 3 is 2.55 bits per heavy atom. The molecule has 0 spiro atoms. The number of halogens is 2. The number of para-hydroxylation sites is 1. The van der Waals surface area contributed by atoms with E-state index in [-0.39, 0.29) is 18.1 Å². The van der Waals surface area contributed by atoms with Crippen molar-refractivity contribution in [1.82, 2.24) is 4.90 Å². The number of anilines is 1. The molecule has 0 aromatic heterocycles. The zero-order valence-electron chi connectivity index (χ0n) is 12.7. The van der Waals surface area contributed by atoms with Gasteiger partial charge in [-0.15, -0.1) is 0 Å². The van der Waals surface area contributed by atoms with Crippen LogP contribution >= 0.6 is 0 Å². The molecule has 22 heavy (non-hydrogen) atoms. The third kappa shape index (κ3) is 3.46. The molecule has 1 aromatic carbocycles. The van der Waals surface area contributed by atoms with Gasteiger partial charge < -0.3 is 5.32 Å². The van der Waals surface area contributed by atoms with Gasteiger partial charge in [-0.25, -0.2) is 8.78 Å². The van der Waals surface area contributed by atoms with Crippen LogP contribution in [0.15, 0.2) is 18.2 Å². The molecule has 1 aliphatic carbocycles. The van der Waals surface area contributed by atoms with E-state index in [0.29, 0.717) is 5.92 Å². The Labute approximate surface area is 129 Å². The highest BCUT2D eigenvalue weighted by Crippen LogP contribution is 2.35. The molecule has 3 nitrogen and oxygen atoms in total. The molecule has 1 N–H and O–H groups in total. The van der Waals surface area contributed by atoms with E-state index in [2.05, 4.69) is 10.2 Å². The van der Waals surface area contributed by atoms with Crippen LogP contribution in [0.5, 0.6) is 0 Å². The molecule has 2 aliphatic rings. The molecule has 1 saturated heterocycles. The Hall–Kier alpha value is -1.49. The van der Waals surface area contributed by atoms with E-state index in [1.807, 2.05) is 0 Å². The molecule has 1 saturated carbocycles. The minimum absolute atomic E-state index is 0.205. The summed E-state index contributed by atoms with van der Waals surface area (Å²) in [7, 11) is 0. The van der Waals surface area contributed by atoms with Gasteiger partial charge in [-0.2, -0.15) is 0 Å². The number of rotatable bonds is 3. The highest BCUT2D eigenvalue weighted by Gasteiger charge is 2.31. The van der Waals surface area contributed by atoms with Crippen LogP contribution in [-0.4, -0.2) is 30.4 Å². The minimum Gasteiger partial charge on any atom is -0.320 e. The van der Waals surface area contributed by atoms with Crippen molar-refractivity contribution in [3.05, 3.63) is 29.8 Å². The highest BCUT2D eigenvalue weighted by molar-refractivity contribution is 5.92. The summed E-state index contributed by atoms with van der Waals surface area (Å²) in [5, 5.41) is 2.37. The molecule has 1 amide bonds. The van der Waals surface area contributed by atoms with Crippen molar-refractivity contribution in [2.45, 2.75) is 32.1 Å². The van der Waals surface area contributed by atoms with Crippen LogP contribution in [0.3, 0.4) is 0 Å². The highest BCUT2D eigenvalue weighted by atomic mass is 19.1. The fourth-order valence-corrected chi connectivity index (χ4v) is 3.82. The number of hydrogen-bond acceptors (Lipinski definition) is 2. The van der Waals surface area contributed by atoms with E-state index in [9.17, 15) is 13.6 Å². The number of carbonyl (C=O) groups is 1. The first-order valence-electron chi connectivity index (χ1n) is 8.09. The van der Waals surface area contributed by atoms with Crippen molar-refractivity contribution in [1.29, 1.82) is 0 Å². The second-order valence-electron chi connectivity index (χ2n) is 6.47. The van der Waals surface area contributed by atoms with Crippen molar-refractivity contribution in [2.75, 3.05) is 25.0 Å². The lowest BCUT2D eigenvalue weighted by Crippen LogP contribution is -2.44. The third-order valence-electron chi connectivity index (χ3n) is 4.97. The van der Waals surface area contributed by atoms with Crippen LogP contribution in [0.4, 0.5) is 14.5 Å². The van der Waals surface area contributed by atoms with Crippen molar-refractivity contribution in [2.24, 2.45) is 11.8 Å². The van der Waals surface area contributed by atoms with Gasteiger partial charge in [0, 0.05) is 6.54 Å². The summed E-state index contributed by atoms with van der Waals surface area (Å²) in [6.07, 6.45) is 6.29. The lowest BCUT2D eigenvalue weighted by Gasteiger charge is -2.41. The van der Waals surface area contributed by atoms with Gasteiger partial charge in [-0.05, 0) is 43.4 Å². The minimum atomic E-state index is -0.737. The molecule has 1 heterocycles. The van der Waals surface area contributed by atoms with Crippen LogP contribution < -0.4 is 5.32 Å². The van der Waals surface area contributed by atoms with Gasteiger partial charge in [-0.1, -0.05) is 25.3 Å². The van der Waals surface area contributed by atoms with Crippen LogP contribution in [0.2, 0.25) is 0 Å². The second-order valence-corrected chi connectivity index (χ2v) is 6.47.